The Morgan fingerprint density at radius 1 is 1.10 bits per heavy atom. The van der Waals surface area contributed by atoms with E-state index in [-0.39, 0.29) is 31.8 Å². The van der Waals surface area contributed by atoms with E-state index in [9.17, 15) is 37.5 Å². The van der Waals surface area contributed by atoms with Crippen LogP contribution < -0.4 is 10.6 Å². The minimum absolute atomic E-state index is 0.240. The summed E-state index contributed by atoms with van der Waals surface area (Å²) in [5.74, 6) is -4.08. The third-order valence-electron chi connectivity index (χ3n) is 6.44. The monoisotopic (exact) mass is 631 g/mol. The molecule has 0 aliphatic carbocycles. The van der Waals surface area contributed by atoms with Crippen LogP contribution in [0.15, 0.2) is 47.4 Å². The van der Waals surface area contributed by atoms with E-state index in [1.165, 1.54) is 23.9 Å². The molecule has 41 heavy (non-hydrogen) atoms. The van der Waals surface area contributed by atoms with Crippen LogP contribution in [0.25, 0.3) is 6.08 Å². The average molecular weight is 632 g/mol. The molecule has 2 aromatic rings. The maximum atomic E-state index is 13.2. The Bertz CT molecular complexity index is 1350. The molecule has 0 aromatic heterocycles. The van der Waals surface area contributed by atoms with Crippen LogP contribution in [0, 0.1) is 5.92 Å². The molecule has 3 amide bonds. The zero-order valence-corrected chi connectivity index (χ0v) is 24.0. The highest BCUT2D eigenvalue weighted by Crippen LogP contribution is 2.35. The summed E-state index contributed by atoms with van der Waals surface area (Å²) < 4.78 is 39.6. The zero-order chi connectivity index (χ0) is 30.3. The Morgan fingerprint density at radius 3 is 2.37 bits per heavy atom. The summed E-state index contributed by atoms with van der Waals surface area (Å²) in [6.45, 7) is -0.146. The zero-order valence-electron chi connectivity index (χ0n) is 21.6. The summed E-state index contributed by atoms with van der Waals surface area (Å²) in [4.78, 5) is 51.8. The van der Waals surface area contributed by atoms with Gasteiger partial charge in [-0.2, -0.15) is 13.2 Å². The van der Waals surface area contributed by atoms with E-state index in [4.69, 9.17) is 23.2 Å². The van der Waals surface area contributed by atoms with Gasteiger partial charge < -0.3 is 20.6 Å². The molecule has 220 valence electrons. The van der Waals surface area contributed by atoms with Gasteiger partial charge in [-0.3, -0.25) is 14.4 Å². The second-order valence-electron chi connectivity index (χ2n) is 9.07. The minimum atomic E-state index is -4.78. The summed E-state index contributed by atoms with van der Waals surface area (Å²) in [6, 6.07) is 6.07. The molecule has 14 heteroatoms. The van der Waals surface area contributed by atoms with Crippen LogP contribution in [0.1, 0.15) is 34.3 Å². The third-order valence-corrected chi connectivity index (χ3v) is 8.23. The van der Waals surface area contributed by atoms with Gasteiger partial charge in [0.05, 0.1) is 21.2 Å². The summed E-state index contributed by atoms with van der Waals surface area (Å²) >= 11 is 14.0. The van der Waals surface area contributed by atoms with Gasteiger partial charge in [0.1, 0.15) is 6.04 Å². The molecule has 1 fully saturated rings. The lowest BCUT2D eigenvalue weighted by molar-refractivity contribution is -0.142. The number of piperidine rings is 1. The van der Waals surface area contributed by atoms with Crippen LogP contribution >= 0.6 is 35.0 Å². The fraction of sp³-hybridized carbons (Fsp3) is 0.333. The number of hydrogen-bond acceptors (Lipinski definition) is 5. The molecule has 0 bridgehead atoms. The fourth-order valence-electron chi connectivity index (χ4n) is 4.17. The smallest absolute Gasteiger partial charge is 0.417 e. The number of likely N-dealkylation sites (tertiary alicyclic amines) is 1. The molecule has 0 spiro atoms. The van der Waals surface area contributed by atoms with E-state index < -0.39 is 53.6 Å². The maximum Gasteiger partial charge on any atom is 0.417 e. The molecule has 0 unspecified atom stereocenters. The van der Waals surface area contributed by atoms with E-state index in [1.807, 2.05) is 6.26 Å². The van der Waals surface area contributed by atoms with Crippen LogP contribution in [0.4, 0.5) is 13.2 Å². The van der Waals surface area contributed by atoms with E-state index in [0.29, 0.717) is 15.6 Å². The number of hydrogen-bond donors (Lipinski definition) is 3. The summed E-state index contributed by atoms with van der Waals surface area (Å²) in [5.41, 5.74) is -1.25. The number of benzene rings is 2. The van der Waals surface area contributed by atoms with E-state index in [2.05, 4.69) is 10.6 Å². The molecule has 8 nitrogen and oxygen atoms in total. The van der Waals surface area contributed by atoms with E-state index in [0.717, 1.165) is 23.1 Å². The first kappa shape index (κ1) is 32.3. The molecule has 0 saturated carbocycles. The number of carboxylic acids is 1. The lowest BCUT2D eigenvalue weighted by Crippen LogP contribution is -2.51. The van der Waals surface area contributed by atoms with Gasteiger partial charge in [-0.05, 0) is 48.9 Å². The number of aliphatic carboxylic acids is 1. The Labute approximate surface area is 248 Å². The van der Waals surface area contributed by atoms with Gasteiger partial charge in [0, 0.05) is 36.5 Å². The Kier molecular flexibility index (Phi) is 11.1. The fourth-order valence-corrected chi connectivity index (χ4v) is 5.34. The van der Waals surface area contributed by atoms with Crippen LogP contribution in [0.2, 0.25) is 10.0 Å². The first-order valence-electron chi connectivity index (χ1n) is 12.3. The van der Waals surface area contributed by atoms with Gasteiger partial charge >= 0.3 is 12.1 Å². The van der Waals surface area contributed by atoms with Crippen molar-refractivity contribution in [1.29, 1.82) is 0 Å². The number of amides is 3. The number of nitrogens with zero attached hydrogens (tertiary/aromatic N) is 1. The molecule has 3 rings (SSSR count). The number of alkyl halides is 3. The number of nitrogens with one attached hydrogen (secondary N) is 2. The molecule has 1 saturated heterocycles. The summed E-state index contributed by atoms with van der Waals surface area (Å²) in [6.07, 6.45) is 0.522. The van der Waals surface area contributed by atoms with Gasteiger partial charge in [-0.15, -0.1) is 11.8 Å². The first-order chi connectivity index (χ1) is 19.3. The second-order valence-corrected chi connectivity index (χ2v) is 10.7. The van der Waals surface area contributed by atoms with Crippen molar-refractivity contribution < 1.29 is 37.5 Å². The number of rotatable bonds is 9. The van der Waals surface area contributed by atoms with Crippen molar-refractivity contribution in [2.45, 2.75) is 30.0 Å². The standard InChI is InChI=1S/C27H26Cl2F3N3O5S/c1-41-20-8-6-15(22(28)23(20)29)7-9-21(36)35-12-10-16(11-13-35)24(37)34-19(26(39)40)14-33-25(38)17-4-2-3-5-18(17)27(30,31)32/h2-9,16,19H,10-14H2,1H3,(H,33,38)(H,34,37)(H,39,40)/b9-7+/t19-/m0/s1. The predicted octanol–water partition coefficient (Wildman–Crippen LogP) is 4.99. The van der Waals surface area contributed by atoms with Crippen molar-refractivity contribution in [2.75, 3.05) is 25.9 Å². The summed E-state index contributed by atoms with van der Waals surface area (Å²) in [5, 5.41) is 14.7. The number of thioether (sulfide) groups is 1. The molecular weight excluding hydrogens is 606 g/mol. The topological polar surface area (TPSA) is 116 Å². The molecule has 2 aromatic carbocycles. The average Bonchev–Trinajstić information content (AvgIpc) is 2.95. The second kappa shape index (κ2) is 14.1. The highest BCUT2D eigenvalue weighted by molar-refractivity contribution is 7.98. The van der Waals surface area contributed by atoms with Crippen LogP contribution in [-0.4, -0.2) is 65.6 Å². The molecule has 1 atom stereocenters. The lowest BCUT2D eigenvalue weighted by atomic mass is 9.95. The van der Waals surface area contributed by atoms with Crippen molar-refractivity contribution in [3.8, 4) is 0 Å². The highest BCUT2D eigenvalue weighted by atomic mass is 35.5. The Morgan fingerprint density at radius 2 is 1.76 bits per heavy atom. The Hall–Kier alpha value is -3.22. The predicted molar refractivity (Wildman–Crippen MR) is 150 cm³/mol. The molecule has 1 aliphatic rings. The van der Waals surface area contributed by atoms with Crippen LogP contribution in [0.3, 0.4) is 0 Å². The van der Waals surface area contributed by atoms with Gasteiger partial charge in [0.15, 0.2) is 0 Å². The lowest BCUT2D eigenvalue weighted by Gasteiger charge is -2.31. The molecule has 3 N–H and O–H groups in total. The van der Waals surface area contributed by atoms with Crippen LogP contribution in [-0.2, 0) is 20.6 Å². The van der Waals surface area contributed by atoms with E-state index in [1.54, 1.807) is 23.1 Å². The van der Waals surface area contributed by atoms with Crippen molar-refractivity contribution in [2.24, 2.45) is 5.92 Å². The highest BCUT2D eigenvalue weighted by Gasteiger charge is 2.35. The molecule has 1 heterocycles. The summed E-state index contributed by atoms with van der Waals surface area (Å²) in [7, 11) is 0. The quantitative estimate of drug-likeness (QED) is 0.265. The number of carboxylic acid groups (broad SMARTS) is 1. The minimum Gasteiger partial charge on any atom is -0.480 e. The largest absolute Gasteiger partial charge is 0.480 e. The SMILES string of the molecule is CSc1ccc(/C=C/C(=O)N2CCC(C(=O)N[C@@H](CNC(=O)c3ccccc3C(F)(F)F)C(=O)O)CC2)c(Cl)c1Cl. The third kappa shape index (κ3) is 8.40. The van der Waals surface area contributed by atoms with Gasteiger partial charge in [-0.25, -0.2) is 4.79 Å². The van der Waals surface area contributed by atoms with E-state index >= 15 is 0 Å². The van der Waals surface area contributed by atoms with Gasteiger partial charge in [0.25, 0.3) is 5.91 Å². The first-order valence-corrected chi connectivity index (χ1v) is 14.3. The molecule has 1 aliphatic heterocycles. The van der Waals surface area contributed by atoms with Crippen molar-refractivity contribution >= 4 is 64.7 Å². The van der Waals surface area contributed by atoms with Gasteiger partial charge in [0.2, 0.25) is 11.8 Å². The Balaban J connectivity index is 1.53. The number of carbonyl (C=O) groups is 4. The van der Waals surface area contributed by atoms with Crippen molar-refractivity contribution in [3.05, 3.63) is 69.2 Å². The number of halogens is 5. The van der Waals surface area contributed by atoms with Gasteiger partial charge in [-0.1, -0.05) is 41.4 Å². The van der Waals surface area contributed by atoms with Crippen LogP contribution in [0.5, 0.6) is 0 Å². The molecular formula is C27H26Cl2F3N3O5S. The number of carbonyl (C=O) groups excluding carboxylic acids is 3. The van der Waals surface area contributed by atoms with Crippen molar-refractivity contribution in [1.82, 2.24) is 15.5 Å². The normalized spacial score (nSPS) is 15.0. The molecule has 0 radical (unpaired) electrons. The van der Waals surface area contributed by atoms with Crippen molar-refractivity contribution in [3.63, 3.8) is 0 Å². The maximum absolute atomic E-state index is 13.2.